The summed E-state index contributed by atoms with van der Waals surface area (Å²) in [7, 11) is 0. The van der Waals surface area contributed by atoms with E-state index in [4.69, 9.17) is 28.9 Å². The Bertz CT molecular complexity index is 544. The molecule has 17 heavy (non-hydrogen) atoms. The SMILES string of the molecule is CCC(CC)n1c(N)nc2cc(Cl)c(Cl)cc21. The van der Waals surface area contributed by atoms with E-state index in [0.717, 1.165) is 23.9 Å². The van der Waals surface area contributed by atoms with Crippen molar-refractivity contribution in [1.82, 2.24) is 9.55 Å². The minimum atomic E-state index is 0.345. The van der Waals surface area contributed by atoms with E-state index in [1.165, 1.54) is 0 Å². The molecule has 0 spiro atoms. The molecule has 0 aliphatic heterocycles. The van der Waals surface area contributed by atoms with Crippen molar-refractivity contribution >= 4 is 40.2 Å². The summed E-state index contributed by atoms with van der Waals surface area (Å²) in [5.74, 6) is 0.520. The van der Waals surface area contributed by atoms with Crippen LogP contribution in [-0.2, 0) is 0 Å². The highest BCUT2D eigenvalue weighted by Crippen LogP contribution is 2.32. The van der Waals surface area contributed by atoms with Gasteiger partial charge in [-0.1, -0.05) is 37.0 Å². The Morgan fingerprint density at radius 3 is 2.41 bits per heavy atom. The monoisotopic (exact) mass is 271 g/mol. The fourth-order valence-corrected chi connectivity index (χ4v) is 2.46. The third kappa shape index (κ3) is 2.09. The van der Waals surface area contributed by atoms with E-state index in [-0.39, 0.29) is 0 Å². The Morgan fingerprint density at radius 1 is 1.24 bits per heavy atom. The van der Waals surface area contributed by atoms with Crippen molar-refractivity contribution in [2.24, 2.45) is 0 Å². The maximum absolute atomic E-state index is 6.05. The molecule has 0 atom stereocenters. The number of hydrogen-bond donors (Lipinski definition) is 1. The van der Waals surface area contributed by atoms with E-state index >= 15 is 0 Å². The van der Waals surface area contributed by atoms with E-state index in [1.807, 2.05) is 10.6 Å². The minimum absolute atomic E-state index is 0.345. The standard InChI is InChI=1S/C12H15Cl2N3/c1-3-7(4-2)17-11-6-9(14)8(13)5-10(11)16-12(17)15/h5-7H,3-4H2,1-2H3,(H2,15,16). The van der Waals surface area contributed by atoms with Gasteiger partial charge in [-0.3, -0.25) is 0 Å². The normalized spacial score (nSPS) is 11.6. The van der Waals surface area contributed by atoms with Crippen molar-refractivity contribution in [2.75, 3.05) is 5.73 Å². The van der Waals surface area contributed by atoms with E-state index < -0.39 is 0 Å². The lowest BCUT2D eigenvalue weighted by molar-refractivity contribution is 0.489. The van der Waals surface area contributed by atoms with Crippen molar-refractivity contribution in [2.45, 2.75) is 32.7 Å². The fourth-order valence-electron chi connectivity index (χ4n) is 2.15. The molecule has 0 unspecified atom stereocenters. The summed E-state index contributed by atoms with van der Waals surface area (Å²) in [4.78, 5) is 4.33. The molecule has 0 saturated heterocycles. The molecule has 1 aromatic carbocycles. The van der Waals surface area contributed by atoms with Crippen molar-refractivity contribution in [3.8, 4) is 0 Å². The Morgan fingerprint density at radius 2 is 1.82 bits per heavy atom. The van der Waals surface area contributed by atoms with Crippen LogP contribution in [0.25, 0.3) is 11.0 Å². The largest absolute Gasteiger partial charge is 0.369 e. The first-order chi connectivity index (χ1) is 8.08. The zero-order valence-electron chi connectivity index (χ0n) is 9.87. The van der Waals surface area contributed by atoms with E-state index in [2.05, 4.69) is 18.8 Å². The van der Waals surface area contributed by atoms with Gasteiger partial charge in [0, 0.05) is 6.04 Å². The van der Waals surface area contributed by atoms with Crippen LogP contribution in [0, 0.1) is 0 Å². The molecule has 0 fully saturated rings. The molecule has 1 aromatic heterocycles. The number of nitrogens with zero attached hydrogens (tertiary/aromatic N) is 2. The van der Waals surface area contributed by atoms with Gasteiger partial charge in [-0.25, -0.2) is 4.98 Å². The lowest BCUT2D eigenvalue weighted by Gasteiger charge is -2.17. The van der Waals surface area contributed by atoms with Gasteiger partial charge in [0.05, 0.1) is 21.1 Å². The van der Waals surface area contributed by atoms with Crippen LogP contribution in [-0.4, -0.2) is 9.55 Å². The first kappa shape index (κ1) is 12.5. The second-order valence-corrected chi connectivity index (χ2v) is 4.88. The van der Waals surface area contributed by atoms with Crippen LogP contribution >= 0.6 is 23.2 Å². The van der Waals surface area contributed by atoms with Crippen LogP contribution in [0.3, 0.4) is 0 Å². The van der Waals surface area contributed by atoms with Crippen molar-refractivity contribution in [3.63, 3.8) is 0 Å². The van der Waals surface area contributed by atoms with Crippen LogP contribution in [0.15, 0.2) is 12.1 Å². The molecular weight excluding hydrogens is 257 g/mol. The summed E-state index contributed by atoms with van der Waals surface area (Å²) in [6, 6.07) is 3.94. The highest BCUT2D eigenvalue weighted by Gasteiger charge is 2.16. The zero-order chi connectivity index (χ0) is 12.6. The lowest BCUT2D eigenvalue weighted by Crippen LogP contribution is -2.10. The van der Waals surface area contributed by atoms with Crippen molar-refractivity contribution in [3.05, 3.63) is 22.2 Å². The molecule has 0 radical (unpaired) electrons. The number of hydrogen-bond acceptors (Lipinski definition) is 2. The molecule has 2 rings (SSSR count). The van der Waals surface area contributed by atoms with E-state index in [9.17, 15) is 0 Å². The summed E-state index contributed by atoms with van der Waals surface area (Å²) >= 11 is 12.0. The van der Waals surface area contributed by atoms with E-state index in [0.29, 0.717) is 22.0 Å². The predicted octanol–water partition coefficient (Wildman–Crippen LogP) is 4.29. The molecule has 0 saturated carbocycles. The van der Waals surface area contributed by atoms with Crippen LogP contribution in [0.1, 0.15) is 32.7 Å². The third-order valence-corrected chi connectivity index (χ3v) is 3.79. The second kappa shape index (κ2) is 4.75. The molecular formula is C12H15Cl2N3. The number of halogens is 2. The van der Waals surface area contributed by atoms with Crippen LogP contribution in [0.4, 0.5) is 5.95 Å². The number of aromatic nitrogens is 2. The van der Waals surface area contributed by atoms with Gasteiger partial charge in [0.2, 0.25) is 5.95 Å². The van der Waals surface area contributed by atoms with Crippen LogP contribution < -0.4 is 5.73 Å². The first-order valence-electron chi connectivity index (χ1n) is 5.70. The predicted molar refractivity (Wildman–Crippen MR) is 73.8 cm³/mol. The molecule has 2 aromatic rings. The zero-order valence-corrected chi connectivity index (χ0v) is 11.4. The van der Waals surface area contributed by atoms with Gasteiger partial charge in [-0.2, -0.15) is 0 Å². The van der Waals surface area contributed by atoms with E-state index in [1.54, 1.807) is 6.07 Å². The Balaban J connectivity index is 2.70. The number of nitrogen functional groups attached to an aromatic ring is 1. The third-order valence-electron chi connectivity index (χ3n) is 3.07. The number of benzene rings is 1. The molecule has 1 heterocycles. The molecule has 3 nitrogen and oxygen atoms in total. The Kier molecular flexibility index (Phi) is 3.50. The number of fused-ring (bicyclic) bond motifs is 1. The molecule has 0 amide bonds. The van der Waals surface area contributed by atoms with Gasteiger partial charge in [-0.05, 0) is 25.0 Å². The average molecular weight is 272 g/mol. The Labute approximate surface area is 111 Å². The number of rotatable bonds is 3. The fraction of sp³-hybridized carbons (Fsp3) is 0.417. The van der Waals surface area contributed by atoms with Gasteiger partial charge >= 0.3 is 0 Å². The van der Waals surface area contributed by atoms with Crippen molar-refractivity contribution in [1.29, 1.82) is 0 Å². The van der Waals surface area contributed by atoms with Gasteiger partial charge < -0.3 is 10.3 Å². The maximum Gasteiger partial charge on any atom is 0.201 e. The molecule has 0 bridgehead atoms. The summed E-state index contributed by atoms with van der Waals surface area (Å²) < 4.78 is 2.04. The second-order valence-electron chi connectivity index (χ2n) is 4.07. The number of imidazole rings is 1. The summed E-state index contributed by atoms with van der Waals surface area (Å²) in [5.41, 5.74) is 7.72. The average Bonchev–Trinajstić information content (AvgIpc) is 2.59. The topological polar surface area (TPSA) is 43.8 Å². The highest BCUT2D eigenvalue weighted by atomic mass is 35.5. The van der Waals surface area contributed by atoms with Gasteiger partial charge in [0.15, 0.2) is 0 Å². The van der Waals surface area contributed by atoms with Gasteiger partial charge in [-0.15, -0.1) is 0 Å². The Hall–Kier alpha value is -0.930. The number of anilines is 1. The number of nitrogens with two attached hydrogens (primary N) is 1. The first-order valence-corrected chi connectivity index (χ1v) is 6.46. The molecule has 92 valence electrons. The summed E-state index contributed by atoms with van der Waals surface area (Å²) in [5, 5.41) is 1.04. The van der Waals surface area contributed by atoms with Crippen molar-refractivity contribution < 1.29 is 0 Å². The minimum Gasteiger partial charge on any atom is -0.369 e. The van der Waals surface area contributed by atoms with Gasteiger partial charge in [0.1, 0.15) is 0 Å². The lowest BCUT2D eigenvalue weighted by atomic mass is 10.1. The quantitative estimate of drug-likeness (QED) is 0.905. The van der Waals surface area contributed by atoms with Crippen LogP contribution in [0.5, 0.6) is 0 Å². The molecule has 5 heteroatoms. The molecule has 0 aliphatic rings. The highest BCUT2D eigenvalue weighted by molar-refractivity contribution is 6.42. The maximum atomic E-state index is 6.05. The van der Waals surface area contributed by atoms with Gasteiger partial charge in [0.25, 0.3) is 0 Å². The molecule has 0 aliphatic carbocycles. The summed E-state index contributed by atoms with van der Waals surface area (Å²) in [6.07, 6.45) is 2.01. The molecule has 2 N–H and O–H groups in total. The smallest absolute Gasteiger partial charge is 0.201 e. The van der Waals surface area contributed by atoms with Crippen LogP contribution in [0.2, 0.25) is 10.0 Å². The summed E-state index contributed by atoms with van der Waals surface area (Å²) in [6.45, 7) is 4.27.